The van der Waals surface area contributed by atoms with Gasteiger partial charge in [-0.05, 0) is 42.0 Å². The Kier molecular flexibility index (Phi) is 5.79. The van der Waals surface area contributed by atoms with Crippen molar-refractivity contribution in [2.24, 2.45) is 0 Å². The normalized spacial score (nSPS) is 12.2. The van der Waals surface area contributed by atoms with Crippen LogP contribution < -0.4 is 0 Å². The zero-order valence-electron chi connectivity index (χ0n) is 15.6. The maximum absolute atomic E-state index is 12.1. The Morgan fingerprint density at radius 3 is 2.24 bits per heavy atom. The van der Waals surface area contributed by atoms with Gasteiger partial charge in [-0.15, -0.1) is 0 Å². The number of allylic oxidation sites excluding steroid dienone is 2. The SMILES string of the molecule is CS(=O)(=O)n1cc(/C=C/C(=O)CC(=O)/C=C/c2ccc(O)cc2)c2ccccc21. The molecule has 6 nitrogen and oxygen atoms in total. The Labute approximate surface area is 168 Å². The van der Waals surface area contributed by atoms with E-state index < -0.39 is 10.0 Å². The van der Waals surface area contributed by atoms with Crippen LogP contribution in [0.5, 0.6) is 5.75 Å². The molecule has 3 rings (SSSR count). The average molecular weight is 409 g/mol. The van der Waals surface area contributed by atoms with Crippen LogP contribution in [0.25, 0.3) is 23.1 Å². The summed E-state index contributed by atoms with van der Waals surface area (Å²) in [6.07, 6.45) is 7.94. The number of carbonyl (C=O) groups excluding carboxylic acids is 2. The molecule has 0 spiro atoms. The molecule has 1 aromatic heterocycles. The molecule has 1 N–H and O–H groups in total. The molecule has 0 saturated heterocycles. The van der Waals surface area contributed by atoms with Crippen LogP contribution in [0, 0.1) is 0 Å². The molecule has 0 aliphatic rings. The van der Waals surface area contributed by atoms with Crippen LogP contribution in [-0.2, 0) is 19.6 Å². The van der Waals surface area contributed by atoms with Crippen molar-refractivity contribution in [1.29, 1.82) is 0 Å². The van der Waals surface area contributed by atoms with Gasteiger partial charge in [0, 0.05) is 17.1 Å². The summed E-state index contributed by atoms with van der Waals surface area (Å²) < 4.78 is 25.1. The van der Waals surface area contributed by atoms with E-state index in [1.807, 2.05) is 0 Å². The second-order valence-electron chi connectivity index (χ2n) is 6.53. The molecule has 0 saturated carbocycles. The van der Waals surface area contributed by atoms with E-state index in [1.54, 1.807) is 42.5 Å². The maximum Gasteiger partial charge on any atom is 0.236 e. The molecule has 0 aliphatic carbocycles. The van der Waals surface area contributed by atoms with Crippen LogP contribution in [0.4, 0.5) is 0 Å². The standard InChI is InChI=1S/C22H19NO5S/c1-29(27,28)23-15-17(21-4-2-3-5-22(21)23)9-13-20(26)14-19(25)12-8-16-6-10-18(24)11-7-16/h2-13,15,24H,14H2,1H3/b12-8+,13-9+. The topological polar surface area (TPSA) is 93.4 Å². The Morgan fingerprint density at radius 2 is 1.59 bits per heavy atom. The van der Waals surface area contributed by atoms with Crippen molar-refractivity contribution >= 4 is 44.6 Å². The molecular formula is C22H19NO5S. The molecule has 148 valence electrons. The minimum absolute atomic E-state index is 0.131. The molecule has 0 bridgehead atoms. The number of nitrogens with zero attached hydrogens (tertiary/aromatic N) is 1. The largest absolute Gasteiger partial charge is 0.508 e. The third kappa shape index (κ3) is 5.08. The number of fused-ring (bicyclic) bond motifs is 1. The fraction of sp³-hybridized carbons (Fsp3) is 0.0909. The lowest BCUT2D eigenvalue weighted by molar-refractivity contribution is -0.121. The summed E-state index contributed by atoms with van der Waals surface area (Å²) in [7, 11) is -3.48. The highest BCUT2D eigenvalue weighted by Crippen LogP contribution is 2.23. The van der Waals surface area contributed by atoms with Gasteiger partial charge >= 0.3 is 0 Å². The Balaban J connectivity index is 1.72. The third-order valence-corrected chi connectivity index (χ3v) is 5.23. The van der Waals surface area contributed by atoms with Crippen LogP contribution in [0.3, 0.4) is 0 Å². The molecule has 7 heteroatoms. The third-order valence-electron chi connectivity index (χ3n) is 4.22. The van der Waals surface area contributed by atoms with Crippen LogP contribution in [0.1, 0.15) is 17.5 Å². The first-order chi connectivity index (χ1) is 13.7. The van der Waals surface area contributed by atoms with Gasteiger partial charge in [-0.1, -0.05) is 36.4 Å². The van der Waals surface area contributed by atoms with Gasteiger partial charge in [-0.25, -0.2) is 12.4 Å². The smallest absolute Gasteiger partial charge is 0.236 e. The maximum atomic E-state index is 12.1. The lowest BCUT2D eigenvalue weighted by atomic mass is 10.1. The molecule has 1 heterocycles. The summed E-state index contributed by atoms with van der Waals surface area (Å²) in [5.41, 5.74) is 1.83. The van der Waals surface area contributed by atoms with Gasteiger partial charge in [0.25, 0.3) is 0 Å². The molecule has 0 amide bonds. The Morgan fingerprint density at radius 1 is 0.966 bits per heavy atom. The predicted octanol–water partition coefficient (Wildman–Crippen LogP) is 3.41. The first-order valence-electron chi connectivity index (χ1n) is 8.75. The van der Waals surface area contributed by atoms with Gasteiger partial charge in [0.05, 0.1) is 18.2 Å². The molecule has 0 fully saturated rings. The van der Waals surface area contributed by atoms with Crippen LogP contribution in [0.2, 0.25) is 0 Å². The van der Waals surface area contributed by atoms with Crippen LogP contribution in [-0.4, -0.2) is 35.3 Å². The van der Waals surface area contributed by atoms with Gasteiger partial charge in [0.1, 0.15) is 5.75 Å². The first kappa shape index (κ1) is 20.3. The van der Waals surface area contributed by atoms with Gasteiger partial charge in [-0.3, -0.25) is 9.59 Å². The van der Waals surface area contributed by atoms with Crippen molar-refractivity contribution in [2.75, 3.05) is 6.26 Å². The van der Waals surface area contributed by atoms with E-state index in [0.29, 0.717) is 16.5 Å². The van der Waals surface area contributed by atoms with Crippen LogP contribution >= 0.6 is 0 Å². The number of aromatic nitrogens is 1. The zero-order valence-corrected chi connectivity index (χ0v) is 16.5. The number of para-hydroxylation sites is 1. The van der Waals surface area contributed by atoms with Gasteiger partial charge in [-0.2, -0.15) is 0 Å². The summed E-state index contributed by atoms with van der Waals surface area (Å²) in [5, 5.41) is 9.93. The highest BCUT2D eigenvalue weighted by atomic mass is 32.2. The monoisotopic (exact) mass is 409 g/mol. The van der Waals surface area contributed by atoms with E-state index in [9.17, 15) is 23.1 Å². The number of phenolic OH excluding ortho intramolecular Hbond substituents is 1. The highest BCUT2D eigenvalue weighted by molar-refractivity contribution is 7.89. The molecule has 0 atom stereocenters. The van der Waals surface area contributed by atoms with E-state index in [-0.39, 0.29) is 23.7 Å². The van der Waals surface area contributed by atoms with Crippen LogP contribution in [0.15, 0.2) is 66.9 Å². The summed E-state index contributed by atoms with van der Waals surface area (Å²) in [5.74, 6) is -0.612. The Bertz CT molecular complexity index is 1230. The van der Waals surface area contributed by atoms with Crippen molar-refractivity contribution in [3.05, 3.63) is 78.0 Å². The summed E-state index contributed by atoms with van der Waals surface area (Å²) in [4.78, 5) is 24.1. The van der Waals surface area contributed by atoms with E-state index in [4.69, 9.17) is 0 Å². The number of phenols is 1. The molecule has 0 unspecified atom stereocenters. The van der Waals surface area contributed by atoms with Gasteiger partial charge in [0.2, 0.25) is 10.0 Å². The molecule has 0 radical (unpaired) electrons. The molecule has 0 aliphatic heterocycles. The number of carbonyl (C=O) groups is 2. The fourth-order valence-corrected chi connectivity index (χ4v) is 3.65. The molecule has 29 heavy (non-hydrogen) atoms. The summed E-state index contributed by atoms with van der Waals surface area (Å²) in [6.45, 7) is 0. The average Bonchev–Trinajstić information content (AvgIpc) is 3.05. The minimum atomic E-state index is -3.48. The van der Waals surface area contributed by atoms with Crippen molar-refractivity contribution in [1.82, 2.24) is 3.97 Å². The number of hydrogen-bond acceptors (Lipinski definition) is 5. The zero-order chi connectivity index (χ0) is 21.0. The summed E-state index contributed by atoms with van der Waals surface area (Å²) >= 11 is 0. The quantitative estimate of drug-likeness (QED) is 0.477. The van der Waals surface area contributed by atoms with E-state index in [1.165, 1.54) is 36.6 Å². The van der Waals surface area contributed by atoms with Crippen molar-refractivity contribution in [3.63, 3.8) is 0 Å². The molecule has 3 aromatic rings. The summed E-state index contributed by atoms with van der Waals surface area (Å²) in [6, 6.07) is 13.3. The van der Waals surface area contributed by atoms with E-state index in [2.05, 4.69) is 0 Å². The Hall–Kier alpha value is -3.45. The minimum Gasteiger partial charge on any atom is -0.508 e. The first-order valence-corrected chi connectivity index (χ1v) is 10.6. The number of aromatic hydroxyl groups is 1. The molecule has 2 aromatic carbocycles. The fourth-order valence-electron chi connectivity index (χ4n) is 2.83. The van der Waals surface area contributed by atoms with Gasteiger partial charge in [0.15, 0.2) is 11.6 Å². The van der Waals surface area contributed by atoms with Crippen molar-refractivity contribution in [2.45, 2.75) is 6.42 Å². The van der Waals surface area contributed by atoms with Gasteiger partial charge < -0.3 is 5.11 Å². The number of ketones is 2. The van der Waals surface area contributed by atoms with E-state index >= 15 is 0 Å². The second-order valence-corrected chi connectivity index (χ2v) is 8.39. The molecular weight excluding hydrogens is 390 g/mol. The lowest BCUT2D eigenvalue weighted by Crippen LogP contribution is -2.07. The lowest BCUT2D eigenvalue weighted by Gasteiger charge is -2.00. The van der Waals surface area contributed by atoms with Crippen molar-refractivity contribution in [3.8, 4) is 5.75 Å². The number of benzene rings is 2. The second kappa shape index (κ2) is 8.28. The number of rotatable bonds is 7. The number of hydrogen-bond donors (Lipinski definition) is 1. The van der Waals surface area contributed by atoms with Crippen molar-refractivity contribution < 1.29 is 23.1 Å². The predicted molar refractivity (Wildman–Crippen MR) is 113 cm³/mol. The van der Waals surface area contributed by atoms with E-state index in [0.717, 1.165) is 15.8 Å². The highest BCUT2D eigenvalue weighted by Gasteiger charge is 2.13.